The predicted octanol–water partition coefficient (Wildman–Crippen LogP) is 1.49. The van der Waals surface area contributed by atoms with E-state index >= 15 is 0 Å². The Morgan fingerprint density at radius 1 is 1.43 bits per heavy atom. The molecule has 1 heterocycles. The van der Waals surface area contributed by atoms with E-state index in [1.165, 1.54) is 7.11 Å². The summed E-state index contributed by atoms with van der Waals surface area (Å²) in [6.45, 7) is 0. The highest BCUT2D eigenvalue weighted by Crippen LogP contribution is 2.24. The maximum Gasteiger partial charge on any atom is 0.320 e. The van der Waals surface area contributed by atoms with Gasteiger partial charge in [-0.25, -0.2) is 0 Å². The van der Waals surface area contributed by atoms with Crippen molar-refractivity contribution < 1.29 is 23.8 Å². The van der Waals surface area contributed by atoms with Crippen molar-refractivity contribution in [3.8, 4) is 0 Å². The van der Waals surface area contributed by atoms with E-state index in [0.717, 1.165) is 16.3 Å². The van der Waals surface area contributed by atoms with Crippen molar-refractivity contribution in [1.82, 2.24) is 0 Å². The zero-order valence-corrected chi connectivity index (χ0v) is 11.7. The topological polar surface area (TPSA) is 103 Å². The second-order valence-electron chi connectivity index (χ2n) is 4.81. The van der Waals surface area contributed by atoms with Crippen molar-refractivity contribution in [1.29, 1.82) is 0 Å². The molecule has 0 aliphatic heterocycles. The lowest BCUT2D eigenvalue weighted by atomic mass is 10.0. The van der Waals surface area contributed by atoms with Gasteiger partial charge in [-0.1, -0.05) is 12.1 Å². The molecule has 0 bridgehead atoms. The van der Waals surface area contributed by atoms with Crippen molar-refractivity contribution in [2.24, 2.45) is 5.73 Å². The van der Waals surface area contributed by atoms with E-state index in [1.807, 2.05) is 18.2 Å². The van der Waals surface area contributed by atoms with Crippen molar-refractivity contribution in [2.75, 3.05) is 7.11 Å². The first-order valence-electron chi connectivity index (χ1n) is 6.55. The highest BCUT2D eigenvalue weighted by molar-refractivity contribution is 5.85. The molecule has 1 aromatic carbocycles. The number of aliphatic carboxylic acids is 1. The van der Waals surface area contributed by atoms with Crippen LogP contribution < -0.4 is 5.73 Å². The van der Waals surface area contributed by atoms with Crippen LogP contribution >= 0.6 is 0 Å². The van der Waals surface area contributed by atoms with Crippen LogP contribution in [0.5, 0.6) is 0 Å². The average Bonchev–Trinajstić information content (AvgIpc) is 2.87. The third-order valence-corrected chi connectivity index (χ3v) is 3.31. The van der Waals surface area contributed by atoms with Gasteiger partial charge in [0.25, 0.3) is 0 Å². The lowest BCUT2D eigenvalue weighted by Crippen LogP contribution is -2.32. The van der Waals surface area contributed by atoms with Gasteiger partial charge in [0.1, 0.15) is 11.8 Å². The summed E-state index contributed by atoms with van der Waals surface area (Å²) in [5, 5.41) is 10.5. The molecule has 0 aliphatic rings. The number of nitrogens with two attached hydrogens (primary N) is 1. The summed E-state index contributed by atoms with van der Waals surface area (Å²) in [5.74, 6) is -0.760. The van der Waals surface area contributed by atoms with E-state index in [4.69, 9.17) is 15.3 Å². The number of hydrogen-bond donors (Lipinski definition) is 2. The lowest BCUT2D eigenvalue weighted by molar-refractivity contribution is -0.140. The molecule has 21 heavy (non-hydrogen) atoms. The second kappa shape index (κ2) is 6.41. The highest BCUT2D eigenvalue weighted by Gasteiger charge is 2.16. The number of carbonyl (C=O) groups excluding carboxylic acids is 1. The zero-order valence-electron chi connectivity index (χ0n) is 11.7. The van der Waals surface area contributed by atoms with E-state index in [9.17, 15) is 9.59 Å². The molecule has 0 saturated carbocycles. The molecule has 6 nitrogen and oxygen atoms in total. The molecule has 1 unspecified atom stereocenters. The Morgan fingerprint density at radius 3 is 2.86 bits per heavy atom. The van der Waals surface area contributed by atoms with Crippen molar-refractivity contribution in [3.63, 3.8) is 0 Å². The van der Waals surface area contributed by atoms with E-state index < -0.39 is 12.0 Å². The van der Waals surface area contributed by atoms with Crippen LogP contribution in [0.1, 0.15) is 17.7 Å². The number of carbonyl (C=O) groups is 2. The number of ether oxygens (including phenoxy) is 1. The summed E-state index contributed by atoms with van der Waals surface area (Å²) >= 11 is 0. The monoisotopic (exact) mass is 291 g/mol. The molecule has 0 amide bonds. The Kier molecular flexibility index (Phi) is 4.59. The van der Waals surface area contributed by atoms with Gasteiger partial charge >= 0.3 is 11.9 Å². The minimum atomic E-state index is -1.06. The van der Waals surface area contributed by atoms with Gasteiger partial charge in [-0.15, -0.1) is 0 Å². The third-order valence-electron chi connectivity index (χ3n) is 3.31. The molecule has 6 heteroatoms. The molecule has 1 aromatic heterocycles. The fourth-order valence-electron chi connectivity index (χ4n) is 2.11. The maximum atomic E-state index is 11.1. The number of hydrogen-bond acceptors (Lipinski definition) is 5. The fourth-order valence-corrected chi connectivity index (χ4v) is 2.11. The largest absolute Gasteiger partial charge is 0.480 e. The Hall–Kier alpha value is -2.34. The van der Waals surface area contributed by atoms with Gasteiger partial charge in [-0.05, 0) is 18.1 Å². The summed E-state index contributed by atoms with van der Waals surface area (Å²) in [6.07, 6.45) is 2.61. The first kappa shape index (κ1) is 15.1. The molecule has 2 aromatic rings. The number of benzene rings is 1. The summed E-state index contributed by atoms with van der Waals surface area (Å²) in [7, 11) is 1.36. The quantitative estimate of drug-likeness (QED) is 0.782. The minimum absolute atomic E-state index is 0.139. The summed E-state index contributed by atoms with van der Waals surface area (Å²) < 4.78 is 10.0. The molecule has 0 saturated heterocycles. The number of esters is 1. The Labute approximate surface area is 121 Å². The molecular weight excluding hydrogens is 274 g/mol. The van der Waals surface area contributed by atoms with E-state index in [0.29, 0.717) is 18.6 Å². The Morgan fingerprint density at radius 2 is 2.19 bits per heavy atom. The zero-order chi connectivity index (χ0) is 15.4. The van der Waals surface area contributed by atoms with E-state index in [-0.39, 0.29) is 12.4 Å². The summed E-state index contributed by atoms with van der Waals surface area (Å²) in [5.41, 5.74) is 6.50. The molecule has 1 atom stereocenters. The van der Waals surface area contributed by atoms with Crippen LogP contribution in [0.25, 0.3) is 10.8 Å². The summed E-state index contributed by atoms with van der Waals surface area (Å²) in [4.78, 5) is 21.9. The molecule has 112 valence electrons. The smallest absolute Gasteiger partial charge is 0.320 e. The van der Waals surface area contributed by atoms with Gasteiger partial charge in [0.05, 0.1) is 13.4 Å². The Bertz CT molecular complexity index is 661. The van der Waals surface area contributed by atoms with E-state index in [1.54, 1.807) is 6.26 Å². The van der Waals surface area contributed by atoms with Crippen LogP contribution in [0.15, 0.2) is 28.9 Å². The van der Waals surface area contributed by atoms with E-state index in [2.05, 4.69) is 4.74 Å². The lowest BCUT2D eigenvalue weighted by Gasteiger charge is -2.04. The van der Waals surface area contributed by atoms with Gasteiger partial charge in [0, 0.05) is 23.6 Å². The first-order valence-corrected chi connectivity index (χ1v) is 6.55. The molecule has 3 N–H and O–H groups in total. The fraction of sp³-hybridized carbons (Fsp3) is 0.333. The van der Waals surface area contributed by atoms with Gasteiger partial charge in [-0.3, -0.25) is 9.59 Å². The molecule has 0 aliphatic carbocycles. The molecule has 0 radical (unpaired) electrons. The van der Waals surface area contributed by atoms with Crippen LogP contribution in [0, 0.1) is 0 Å². The highest BCUT2D eigenvalue weighted by atomic mass is 16.5. The van der Waals surface area contributed by atoms with Gasteiger partial charge < -0.3 is 20.0 Å². The number of furan rings is 1. The van der Waals surface area contributed by atoms with Gasteiger partial charge in [0.2, 0.25) is 0 Å². The van der Waals surface area contributed by atoms with Crippen molar-refractivity contribution in [3.05, 3.63) is 35.8 Å². The number of rotatable bonds is 6. The number of fused-ring (bicyclic) bond motifs is 1. The van der Waals surface area contributed by atoms with Gasteiger partial charge in [0.15, 0.2) is 0 Å². The van der Waals surface area contributed by atoms with Crippen LogP contribution in [0.4, 0.5) is 0 Å². The second-order valence-corrected chi connectivity index (χ2v) is 4.81. The molecule has 0 spiro atoms. The Balaban J connectivity index is 2.15. The van der Waals surface area contributed by atoms with Crippen LogP contribution in [0.2, 0.25) is 0 Å². The van der Waals surface area contributed by atoms with Crippen molar-refractivity contribution in [2.45, 2.75) is 25.3 Å². The van der Waals surface area contributed by atoms with Crippen molar-refractivity contribution >= 4 is 22.7 Å². The first-order chi connectivity index (χ1) is 10.0. The SMILES string of the molecule is COC(=O)CCc1ccc2c(CC(N)C(=O)O)occ2c1. The minimum Gasteiger partial charge on any atom is -0.480 e. The van der Waals surface area contributed by atoms with Crippen LogP contribution in [-0.4, -0.2) is 30.2 Å². The third kappa shape index (κ3) is 3.61. The molecule has 2 rings (SSSR count). The average molecular weight is 291 g/mol. The molecule has 0 fully saturated rings. The standard InChI is InChI=1S/C15H17NO5/c1-20-14(17)5-3-9-2-4-11-10(6-9)8-21-13(11)7-12(16)15(18)19/h2,4,6,8,12H,3,5,7,16H2,1H3,(H,18,19). The number of aryl methyl sites for hydroxylation is 1. The number of methoxy groups -OCH3 is 1. The van der Waals surface area contributed by atoms with Gasteiger partial charge in [-0.2, -0.15) is 0 Å². The normalized spacial score (nSPS) is 12.3. The van der Waals surface area contributed by atoms with Crippen LogP contribution in [-0.2, 0) is 27.2 Å². The number of carboxylic acids is 1. The number of carboxylic acid groups (broad SMARTS) is 1. The van der Waals surface area contributed by atoms with Crippen LogP contribution in [0.3, 0.4) is 0 Å². The maximum absolute atomic E-state index is 11.1. The predicted molar refractivity (Wildman–Crippen MR) is 75.9 cm³/mol. The molecular formula is C15H17NO5. The summed E-state index contributed by atoms with van der Waals surface area (Å²) in [6, 6.07) is 4.67.